The zero-order valence-electron chi connectivity index (χ0n) is 16.4. The van der Waals surface area contributed by atoms with Gasteiger partial charge in [0.05, 0.1) is 0 Å². The van der Waals surface area contributed by atoms with E-state index in [-0.39, 0.29) is 5.75 Å². The Hall–Kier alpha value is -2.93. The SMILES string of the molecule is CC(C)C1CN(c2ccc(-c3ncc(/C=C/C/C=C\N)cc3O)nn2)CCN1. The lowest BCUT2D eigenvalue weighted by atomic mass is 10.0. The van der Waals surface area contributed by atoms with Crippen molar-refractivity contribution < 1.29 is 5.11 Å². The van der Waals surface area contributed by atoms with Gasteiger partial charge in [0.25, 0.3) is 0 Å². The van der Waals surface area contributed by atoms with Crippen molar-refractivity contribution in [2.45, 2.75) is 26.3 Å². The van der Waals surface area contributed by atoms with Crippen molar-refractivity contribution in [1.82, 2.24) is 20.5 Å². The smallest absolute Gasteiger partial charge is 0.151 e. The Labute approximate surface area is 166 Å². The zero-order valence-corrected chi connectivity index (χ0v) is 16.4. The summed E-state index contributed by atoms with van der Waals surface area (Å²) in [5.74, 6) is 1.50. The molecular weight excluding hydrogens is 352 g/mol. The van der Waals surface area contributed by atoms with Gasteiger partial charge in [-0.1, -0.05) is 32.1 Å². The van der Waals surface area contributed by atoms with Gasteiger partial charge < -0.3 is 21.1 Å². The Kier molecular flexibility index (Phi) is 6.60. The van der Waals surface area contributed by atoms with E-state index in [0.717, 1.165) is 37.4 Å². The molecule has 148 valence electrons. The minimum Gasteiger partial charge on any atom is -0.506 e. The van der Waals surface area contributed by atoms with Gasteiger partial charge in [-0.15, -0.1) is 10.2 Å². The molecule has 2 aromatic rings. The molecule has 1 unspecified atom stereocenters. The third-order valence-corrected chi connectivity index (χ3v) is 4.83. The van der Waals surface area contributed by atoms with E-state index in [4.69, 9.17) is 5.73 Å². The van der Waals surface area contributed by atoms with Crippen LogP contribution in [0.1, 0.15) is 25.8 Å². The number of hydrogen-bond donors (Lipinski definition) is 3. The number of nitrogens with one attached hydrogen (secondary N) is 1. The fraction of sp³-hybridized carbons (Fsp3) is 0.381. The van der Waals surface area contributed by atoms with Crippen LogP contribution >= 0.6 is 0 Å². The highest BCUT2D eigenvalue weighted by atomic mass is 16.3. The molecule has 2 aromatic heterocycles. The second kappa shape index (κ2) is 9.32. The number of hydrogen-bond acceptors (Lipinski definition) is 7. The molecule has 1 aliphatic heterocycles. The van der Waals surface area contributed by atoms with Gasteiger partial charge in [-0.25, -0.2) is 4.98 Å². The molecule has 1 atom stereocenters. The summed E-state index contributed by atoms with van der Waals surface area (Å²) >= 11 is 0. The fourth-order valence-electron chi connectivity index (χ4n) is 3.17. The molecule has 7 heteroatoms. The van der Waals surface area contributed by atoms with Crippen LogP contribution in [0.4, 0.5) is 5.82 Å². The summed E-state index contributed by atoms with van der Waals surface area (Å²) < 4.78 is 0. The second-order valence-electron chi connectivity index (χ2n) is 7.23. The molecule has 0 spiro atoms. The van der Waals surface area contributed by atoms with Crippen LogP contribution in [-0.4, -0.2) is 46.0 Å². The van der Waals surface area contributed by atoms with Gasteiger partial charge in [-0.3, -0.25) is 0 Å². The Morgan fingerprint density at radius 2 is 2.18 bits per heavy atom. The van der Waals surface area contributed by atoms with Gasteiger partial charge >= 0.3 is 0 Å². The average molecular weight is 380 g/mol. The molecule has 0 aliphatic carbocycles. The van der Waals surface area contributed by atoms with E-state index in [1.165, 1.54) is 6.20 Å². The molecule has 7 nitrogen and oxygen atoms in total. The number of anilines is 1. The lowest BCUT2D eigenvalue weighted by molar-refractivity contribution is 0.367. The standard InChI is InChI=1S/C21H28N6O/c1-15(2)18-14-27(11-10-23-18)20-8-7-17(25-26-20)21-19(28)12-16(13-24-21)6-4-3-5-9-22/h4-9,12-13,15,18,23,28H,3,10-11,14,22H2,1-2H3/b6-4+,9-5-. The van der Waals surface area contributed by atoms with E-state index in [9.17, 15) is 5.11 Å². The van der Waals surface area contributed by atoms with Gasteiger partial charge in [0.1, 0.15) is 17.1 Å². The third-order valence-electron chi connectivity index (χ3n) is 4.83. The number of allylic oxidation sites excluding steroid dienone is 2. The molecule has 0 aromatic carbocycles. The summed E-state index contributed by atoms with van der Waals surface area (Å²) in [5, 5.41) is 22.6. The predicted octanol–water partition coefficient (Wildman–Crippen LogP) is 2.55. The van der Waals surface area contributed by atoms with Crippen molar-refractivity contribution >= 4 is 11.9 Å². The monoisotopic (exact) mass is 380 g/mol. The van der Waals surface area contributed by atoms with E-state index in [1.807, 2.05) is 30.4 Å². The highest BCUT2D eigenvalue weighted by Crippen LogP contribution is 2.27. The number of rotatable bonds is 6. The fourth-order valence-corrected chi connectivity index (χ4v) is 3.17. The molecular formula is C21H28N6O. The lowest BCUT2D eigenvalue weighted by Crippen LogP contribution is -2.53. The molecule has 3 rings (SSSR count). The van der Waals surface area contributed by atoms with Gasteiger partial charge in [0, 0.05) is 31.9 Å². The summed E-state index contributed by atoms with van der Waals surface area (Å²) in [4.78, 5) is 6.60. The van der Waals surface area contributed by atoms with Crippen LogP contribution in [0.15, 0.2) is 42.7 Å². The topological polar surface area (TPSA) is 100 Å². The van der Waals surface area contributed by atoms with Crippen LogP contribution in [0.2, 0.25) is 0 Å². The normalized spacial score (nSPS) is 17.8. The van der Waals surface area contributed by atoms with Crippen molar-refractivity contribution in [2.75, 3.05) is 24.5 Å². The van der Waals surface area contributed by atoms with Gasteiger partial charge in [0.15, 0.2) is 5.82 Å². The Balaban J connectivity index is 1.72. The van der Waals surface area contributed by atoms with Crippen LogP contribution in [0, 0.1) is 5.92 Å². The van der Waals surface area contributed by atoms with E-state index >= 15 is 0 Å². The van der Waals surface area contributed by atoms with E-state index in [2.05, 4.69) is 39.2 Å². The number of aromatic hydroxyl groups is 1. The van der Waals surface area contributed by atoms with Crippen LogP contribution < -0.4 is 16.0 Å². The molecule has 0 amide bonds. The number of pyridine rings is 1. The second-order valence-corrected chi connectivity index (χ2v) is 7.23. The highest BCUT2D eigenvalue weighted by molar-refractivity contribution is 5.65. The van der Waals surface area contributed by atoms with Crippen molar-refractivity contribution in [3.8, 4) is 17.1 Å². The molecule has 0 bridgehead atoms. The molecule has 1 fully saturated rings. The van der Waals surface area contributed by atoms with Gasteiger partial charge in [0.2, 0.25) is 0 Å². The van der Waals surface area contributed by atoms with E-state index in [1.54, 1.807) is 12.3 Å². The van der Waals surface area contributed by atoms with Crippen molar-refractivity contribution in [1.29, 1.82) is 0 Å². The van der Waals surface area contributed by atoms with Gasteiger partial charge in [-0.05, 0) is 42.3 Å². The molecule has 28 heavy (non-hydrogen) atoms. The molecule has 3 heterocycles. The molecule has 4 N–H and O–H groups in total. The Morgan fingerprint density at radius 3 is 2.86 bits per heavy atom. The maximum absolute atomic E-state index is 10.3. The highest BCUT2D eigenvalue weighted by Gasteiger charge is 2.23. The van der Waals surface area contributed by atoms with Crippen molar-refractivity contribution in [2.24, 2.45) is 11.7 Å². The first-order valence-corrected chi connectivity index (χ1v) is 9.63. The summed E-state index contributed by atoms with van der Waals surface area (Å²) in [7, 11) is 0. The Bertz CT molecular complexity index is 831. The van der Waals surface area contributed by atoms with Crippen LogP contribution in [0.25, 0.3) is 17.5 Å². The van der Waals surface area contributed by atoms with Crippen molar-refractivity contribution in [3.63, 3.8) is 0 Å². The summed E-state index contributed by atoms with van der Waals surface area (Å²) in [6.07, 6.45) is 9.63. The molecule has 1 saturated heterocycles. The predicted molar refractivity (Wildman–Crippen MR) is 113 cm³/mol. The summed E-state index contributed by atoms with van der Waals surface area (Å²) in [5.41, 5.74) is 7.11. The first kappa shape index (κ1) is 19.8. The minimum atomic E-state index is 0.0839. The van der Waals surface area contributed by atoms with Crippen LogP contribution in [0.3, 0.4) is 0 Å². The zero-order chi connectivity index (χ0) is 19.9. The molecule has 0 saturated carbocycles. The largest absolute Gasteiger partial charge is 0.506 e. The number of nitrogens with zero attached hydrogens (tertiary/aromatic N) is 4. The first-order valence-electron chi connectivity index (χ1n) is 9.63. The lowest BCUT2D eigenvalue weighted by Gasteiger charge is -2.36. The number of nitrogens with two attached hydrogens (primary N) is 1. The van der Waals surface area contributed by atoms with Crippen LogP contribution in [-0.2, 0) is 0 Å². The Morgan fingerprint density at radius 1 is 1.32 bits per heavy atom. The minimum absolute atomic E-state index is 0.0839. The number of aromatic nitrogens is 3. The first-order chi connectivity index (χ1) is 13.6. The molecule has 0 radical (unpaired) electrons. The van der Waals surface area contributed by atoms with Gasteiger partial charge in [-0.2, -0.15) is 0 Å². The van der Waals surface area contributed by atoms with E-state index in [0.29, 0.717) is 23.3 Å². The third kappa shape index (κ3) is 4.86. The van der Waals surface area contributed by atoms with Crippen LogP contribution in [0.5, 0.6) is 5.75 Å². The molecule has 1 aliphatic rings. The maximum atomic E-state index is 10.3. The number of piperazine rings is 1. The summed E-state index contributed by atoms with van der Waals surface area (Å²) in [6, 6.07) is 5.92. The van der Waals surface area contributed by atoms with Crippen molar-refractivity contribution in [3.05, 3.63) is 48.3 Å². The average Bonchev–Trinajstić information content (AvgIpc) is 2.72. The quantitative estimate of drug-likeness (QED) is 0.708. The van der Waals surface area contributed by atoms with E-state index < -0.39 is 0 Å². The maximum Gasteiger partial charge on any atom is 0.151 e. The summed E-state index contributed by atoms with van der Waals surface area (Å²) in [6.45, 7) is 7.19.